The van der Waals surface area contributed by atoms with Crippen LogP contribution in [-0.2, 0) is 0 Å². The molecule has 0 atom stereocenters. The number of halogens is 1. The van der Waals surface area contributed by atoms with Crippen molar-refractivity contribution in [2.75, 3.05) is 7.11 Å². The normalized spacial score (nSPS) is 11.3. The molecule has 0 amide bonds. The summed E-state index contributed by atoms with van der Waals surface area (Å²) in [5.41, 5.74) is 1.40. The Hall–Kier alpha value is -2.09. The van der Waals surface area contributed by atoms with Crippen molar-refractivity contribution in [1.29, 1.82) is 0 Å². The highest BCUT2D eigenvalue weighted by molar-refractivity contribution is 5.76. The van der Waals surface area contributed by atoms with E-state index in [1.165, 1.54) is 6.08 Å². The van der Waals surface area contributed by atoms with E-state index in [2.05, 4.69) is 0 Å². The molecule has 1 nitrogen and oxygen atoms in total. The predicted molar refractivity (Wildman–Crippen MR) is 68.4 cm³/mol. The summed E-state index contributed by atoms with van der Waals surface area (Å²) in [4.78, 5) is 0. The maximum atomic E-state index is 13.9. The molecule has 2 rings (SSSR count). The van der Waals surface area contributed by atoms with Crippen LogP contribution < -0.4 is 4.74 Å². The Morgan fingerprint density at radius 2 is 1.65 bits per heavy atom. The van der Waals surface area contributed by atoms with Crippen LogP contribution in [0.5, 0.6) is 5.75 Å². The molecule has 0 aliphatic rings. The fraction of sp³-hybridized carbons (Fsp3) is 0.0667. The van der Waals surface area contributed by atoms with Gasteiger partial charge in [0.05, 0.1) is 7.11 Å². The Morgan fingerprint density at radius 1 is 1.00 bits per heavy atom. The Kier molecular flexibility index (Phi) is 3.55. The van der Waals surface area contributed by atoms with Crippen LogP contribution in [0.25, 0.3) is 11.9 Å². The van der Waals surface area contributed by atoms with Gasteiger partial charge >= 0.3 is 0 Å². The Morgan fingerprint density at radius 3 is 2.24 bits per heavy atom. The fourth-order valence-corrected chi connectivity index (χ4v) is 1.53. The second kappa shape index (κ2) is 5.30. The van der Waals surface area contributed by atoms with E-state index in [4.69, 9.17) is 4.74 Å². The molecule has 0 unspecified atom stereocenters. The van der Waals surface area contributed by atoms with E-state index in [1.807, 2.05) is 30.3 Å². The molecule has 0 heterocycles. The second-order valence-corrected chi connectivity index (χ2v) is 3.63. The van der Waals surface area contributed by atoms with Crippen LogP contribution in [0.3, 0.4) is 0 Å². The summed E-state index contributed by atoms with van der Waals surface area (Å²) < 4.78 is 18.9. The first-order valence-electron chi connectivity index (χ1n) is 5.36. The fourth-order valence-electron chi connectivity index (χ4n) is 1.53. The number of ether oxygens (including phenoxy) is 1. The van der Waals surface area contributed by atoms with Gasteiger partial charge in [-0.2, -0.15) is 0 Å². The monoisotopic (exact) mass is 228 g/mol. The van der Waals surface area contributed by atoms with Gasteiger partial charge in [0, 0.05) is 5.56 Å². The third-order valence-electron chi connectivity index (χ3n) is 2.46. The molecule has 0 aliphatic heterocycles. The summed E-state index contributed by atoms with van der Waals surface area (Å²) in [6.45, 7) is 0. The van der Waals surface area contributed by atoms with Gasteiger partial charge in [-0.05, 0) is 35.9 Å². The molecule has 0 fully saturated rings. The summed E-state index contributed by atoms with van der Waals surface area (Å²) in [6, 6.07) is 16.3. The lowest BCUT2D eigenvalue weighted by Crippen LogP contribution is -1.83. The van der Waals surface area contributed by atoms with Crippen LogP contribution in [0.2, 0.25) is 0 Å². The van der Waals surface area contributed by atoms with E-state index in [0.717, 1.165) is 11.3 Å². The molecule has 0 saturated heterocycles. The lowest BCUT2D eigenvalue weighted by Gasteiger charge is -2.01. The number of rotatable bonds is 3. The van der Waals surface area contributed by atoms with Crippen molar-refractivity contribution in [3.63, 3.8) is 0 Å². The average molecular weight is 228 g/mol. The number of hydrogen-bond acceptors (Lipinski definition) is 1. The largest absolute Gasteiger partial charge is 0.497 e. The molecule has 0 N–H and O–H groups in total. The first-order chi connectivity index (χ1) is 8.29. The third kappa shape index (κ3) is 2.94. The minimum Gasteiger partial charge on any atom is -0.497 e. The molecule has 86 valence electrons. The molecule has 2 aromatic rings. The van der Waals surface area contributed by atoms with Crippen LogP contribution in [0, 0.1) is 0 Å². The minimum absolute atomic E-state index is 0.251. The van der Waals surface area contributed by atoms with Crippen molar-refractivity contribution in [1.82, 2.24) is 0 Å². The van der Waals surface area contributed by atoms with Crippen molar-refractivity contribution in [2.24, 2.45) is 0 Å². The van der Waals surface area contributed by atoms with Crippen LogP contribution in [0.1, 0.15) is 11.1 Å². The van der Waals surface area contributed by atoms with Gasteiger partial charge in [0.2, 0.25) is 0 Å². The summed E-state index contributed by atoms with van der Waals surface area (Å²) >= 11 is 0. The highest BCUT2D eigenvalue weighted by atomic mass is 19.1. The zero-order valence-electron chi connectivity index (χ0n) is 9.56. The smallest absolute Gasteiger partial charge is 0.131 e. The number of methoxy groups -OCH3 is 1. The van der Waals surface area contributed by atoms with Gasteiger partial charge in [0.15, 0.2) is 0 Å². The standard InChI is InChI=1S/C15H13FO/c1-17-14-9-7-13(8-10-14)15(16)11-12-5-3-2-4-6-12/h2-11H,1H3. The summed E-state index contributed by atoms with van der Waals surface area (Å²) in [5.74, 6) is 0.472. The molecule has 2 heteroatoms. The maximum absolute atomic E-state index is 13.9. The molecular weight excluding hydrogens is 215 g/mol. The first-order valence-corrected chi connectivity index (χ1v) is 5.36. The topological polar surface area (TPSA) is 9.23 Å². The van der Waals surface area contributed by atoms with Gasteiger partial charge in [0.25, 0.3) is 0 Å². The van der Waals surface area contributed by atoms with Gasteiger partial charge in [0.1, 0.15) is 11.6 Å². The van der Waals surface area contributed by atoms with E-state index in [9.17, 15) is 4.39 Å². The third-order valence-corrected chi connectivity index (χ3v) is 2.46. The first kappa shape index (κ1) is 11.4. The van der Waals surface area contributed by atoms with E-state index < -0.39 is 0 Å². The van der Waals surface area contributed by atoms with Crippen molar-refractivity contribution in [2.45, 2.75) is 0 Å². The van der Waals surface area contributed by atoms with E-state index in [1.54, 1.807) is 31.4 Å². The Balaban J connectivity index is 2.24. The van der Waals surface area contributed by atoms with Crippen molar-refractivity contribution < 1.29 is 9.13 Å². The van der Waals surface area contributed by atoms with Crippen LogP contribution in [-0.4, -0.2) is 7.11 Å². The molecule has 0 aliphatic carbocycles. The predicted octanol–water partition coefficient (Wildman–Crippen LogP) is 4.16. The molecule has 0 saturated carbocycles. The van der Waals surface area contributed by atoms with Gasteiger partial charge in [-0.25, -0.2) is 4.39 Å². The summed E-state index contributed by atoms with van der Waals surface area (Å²) in [7, 11) is 1.59. The van der Waals surface area contributed by atoms with Gasteiger partial charge in [-0.15, -0.1) is 0 Å². The maximum Gasteiger partial charge on any atom is 0.131 e. The summed E-state index contributed by atoms with van der Waals surface area (Å²) in [5, 5.41) is 0. The lowest BCUT2D eigenvalue weighted by molar-refractivity contribution is 0.414. The Bertz CT molecular complexity index is 500. The summed E-state index contributed by atoms with van der Waals surface area (Å²) in [6.07, 6.45) is 1.52. The zero-order chi connectivity index (χ0) is 12.1. The molecule has 0 aromatic heterocycles. The molecule has 17 heavy (non-hydrogen) atoms. The van der Waals surface area contributed by atoms with Crippen LogP contribution >= 0.6 is 0 Å². The van der Waals surface area contributed by atoms with Crippen molar-refractivity contribution in [3.8, 4) is 5.75 Å². The van der Waals surface area contributed by atoms with Crippen molar-refractivity contribution >= 4 is 11.9 Å². The van der Waals surface area contributed by atoms with Gasteiger partial charge < -0.3 is 4.74 Å². The zero-order valence-corrected chi connectivity index (χ0v) is 9.56. The molecular formula is C15H13FO. The van der Waals surface area contributed by atoms with Crippen LogP contribution in [0.4, 0.5) is 4.39 Å². The molecule has 2 aromatic carbocycles. The second-order valence-electron chi connectivity index (χ2n) is 3.63. The molecule has 0 spiro atoms. The van der Waals surface area contributed by atoms with Crippen LogP contribution in [0.15, 0.2) is 54.6 Å². The van der Waals surface area contributed by atoms with Gasteiger partial charge in [-0.3, -0.25) is 0 Å². The highest BCUT2D eigenvalue weighted by Gasteiger charge is 2.00. The minimum atomic E-state index is -0.251. The van der Waals surface area contributed by atoms with Crippen molar-refractivity contribution in [3.05, 3.63) is 65.7 Å². The van der Waals surface area contributed by atoms with E-state index >= 15 is 0 Å². The molecule has 0 radical (unpaired) electrons. The van der Waals surface area contributed by atoms with Gasteiger partial charge in [-0.1, -0.05) is 30.3 Å². The lowest BCUT2D eigenvalue weighted by atomic mass is 10.1. The SMILES string of the molecule is COc1ccc(C(F)=Cc2ccccc2)cc1. The average Bonchev–Trinajstić information content (AvgIpc) is 2.40. The highest BCUT2D eigenvalue weighted by Crippen LogP contribution is 2.21. The number of hydrogen-bond donors (Lipinski definition) is 0. The Labute approximate surface area is 100 Å². The molecule has 0 bridgehead atoms. The van der Waals surface area contributed by atoms with E-state index in [0.29, 0.717) is 5.56 Å². The quantitative estimate of drug-likeness (QED) is 0.717. The number of benzene rings is 2. The van der Waals surface area contributed by atoms with E-state index in [-0.39, 0.29) is 5.83 Å².